The van der Waals surface area contributed by atoms with Crippen molar-refractivity contribution in [2.75, 3.05) is 6.54 Å². The van der Waals surface area contributed by atoms with Gasteiger partial charge in [-0.1, -0.05) is 24.3 Å². The summed E-state index contributed by atoms with van der Waals surface area (Å²) in [5.41, 5.74) is 3.12. The van der Waals surface area contributed by atoms with Crippen LogP contribution < -0.4 is 5.32 Å². The molecule has 0 fully saturated rings. The van der Waals surface area contributed by atoms with Gasteiger partial charge in [0.15, 0.2) is 11.3 Å². The number of hydrogen-bond donors (Lipinski definition) is 1. The highest BCUT2D eigenvalue weighted by molar-refractivity contribution is 6.04. The van der Waals surface area contributed by atoms with Gasteiger partial charge in [0.2, 0.25) is 0 Å². The number of nitrogens with zero attached hydrogens (tertiary/aromatic N) is 7. The lowest BCUT2D eigenvalue weighted by atomic mass is 10.2. The van der Waals surface area contributed by atoms with Crippen molar-refractivity contribution in [2.24, 2.45) is 7.05 Å². The summed E-state index contributed by atoms with van der Waals surface area (Å²) in [5, 5.41) is 20.9. The number of amides is 1. The van der Waals surface area contributed by atoms with Crippen LogP contribution in [0.15, 0.2) is 60.9 Å². The summed E-state index contributed by atoms with van der Waals surface area (Å²) in [6.07, 6.45) is 4.24. The first kappa shape index (κ1) is 18.0. The number of fused-ring (bicyclic) bond motifs is 2. The minimum absolute atomic E-state index is 0.205. The van der Waals surface area contributed by atoms with Gasteiger partial charge in [0, 0.05) is 37.8 Å². The summed E-state index contributed by atoms with van der Waals surface area (Å²) in [6.45, 7) is 0.980. The molecular weight excluding hydrogens is 380 g/mol. The monoisotopic (exact) mass is 400 g/mol. The van der Waals surface area contributed by atoms with E-state index in [0.717, 1.165) is 28.1 Å². The van der Waals surface area contributed by atoms with Gasteiger partial charge in [0.25, 0.3) is 5.91 Å². The van der Waals surface area contributed by atoms with E-state index in [2.05, 4.69) is 25.7 Å². The van der Waals surface area contributed by atoms with E-state index in [0.29, 0.717) is 25.2 Å². The second kappa shape index (κ2) is 7.43. The molecule has 9 heteroatoms. The van der Waals surface area contributed by atoms with Crippen LogP contribution in [0.25, 0.3) is 16.6 Å². The molecule has 1 aromatic carbocycles. The standard InChI is InChI=1S/C21H20N8O/c1-27-15(9-12-23-27)14-29-17-7-3-2-6-16(17)20(26-29)21(30)22-11-10-19-25-24-18-8-4-5-13-28(18)19/h2-9,12-13H,10-11,14H2,1H3,(H,22,30). The number of carbonyl (C=O) groups is 1. The number of para-hydroxylation sites is 1. The molecule has 0 aliphatic heterocycles. The smallest absolute Gasteiger partial charge is 0.272 e. The first-order valence-electron chi connectivity index (χ1n) is 9.70. The van der Waals surface area contributed by atoms with Crippen molar-refractivity contribution in [2.45, 2.75) is 13.0 Å². The number of carbonyl (C=O) groups excluding carboxylic acids is 1. The Kier molecular flexibility index (Phi) is 4.47. The summed E-state index contributed by atoms with van der Waals surface area (Å²) in [4.78, 5) is 12.9. The van der Waals surface area contributed by atoms with Crippen molar-refractivity contribution in [1.82, 2.24) is 39.5 Å². The highest BCUT2D eigenvalue weighted by Crippen LogP contribution is 2.19. The van der Waals surface area contributed by atoms with E-state index in [9.17, 15) is 4.79 Å². The van der Waals surface area contributed by atoms with Crippen LogP contribution in [0.1, 0.15) is 22.0 Å². The predicted molar refractivity (Wildman–Crippen MR) is 111 cm³/mol. The van der Waals surface area contributed by atoms with E-state index in [1.165, 1.54) is 0 Å². The minimum Gasteiger partial charge on any atom is -0.350 e. The number of nitrogens with one attached hydrogen (secondary N) is 1. The Morgan fingerprint density at radius 2 is 1.93 bits per heavy atom. The summed E-state index contributed by atoms with van der Waals surface area (Å²) in [5.74, 6) is 0.598. The molecule has 0 aliphatic carbocycles. The maximum absolute atomic E-state index is 12.9. The molecule has 0 atom stereocenters. The summed E-state index contributed by atoms with van der Waals surface area (Å²) < 4.78 is 5.57. The molecule has 1 N–H and O–H groups in total. The average Bonchev–Trinajstić information content (AvgIpc) is 3.47. The molecule has 0 bridgehead atoms. The average molecular weight is 400 g/mol. The molecule has 0 aliphatic rings. The second-order valence-electron chi connectivity index (χ2n) is 7.02. The third-order valence-electron chi connectivity index (χ3n) is 5.13. The van der Waals surface area contributed by atoms with E-state index in [1.54, 1.807) is 10.9 Å². The van der Waals surface area contributed by atoms with E-state index in [1.807, 2.05) is 70.9 Å². The number of hydrogen-bond acceptors (Lipinski definition) is 5. The first-order valence-corrected chi connectivity index (χ1v) is 9.70. The molecule has 0 radical (unpaired) electrons. The van der Waals surface area contributed by atoms with E-state index in [-0.39, 0.29) is 5.91 Å². The zero-order valence-corrected chi connectivity index (χ0v) is 16.4. The van der Waals surface area contributed by atoms with Gasteiger partial charge in [0.1, 0.15) is 5.82 Å². The fraction of sp³-hybridized carbons (Fsp3) is 0.190. The molecule has 4 aromatic heterocycles. The van der Waals surface area contributed by atoms with Gasteiger partial charge in [-0.25, -0.2) is 0 Å². The van der Waals surface area contributed by atoms with Gasteiger partial charge in [-0.15, -0.1) is 10.2 Å². The third kappa shape index (κ3) is 3.20. The van der Waals surface area contributed by atoms with Crippen LogP contribution in [0, 0.1) is 0 Å². The number of rotatable bonds is 6. The Labute approximate surface area is 172 Å². The fourth-order valence-corrected chi connectivity index (χ4v) is 3.56. The lowest BCUT2D eigenvalue weighted by Crippen LogP contribution is -2.27. The van der Waals surface area contributed by atoms with Crippen LogP contribution >= 0.6 is 0 Å². The number of benzene rings is 1. The number of aryl methyl sites for hydroxylation is 1. The summed E-state index contributed by atoms with van der Waals surface area (Å²) >= 11 is 0. The Hall–Kier alpha value is -4.01. The highest BCUT2D eigenvalue weighted by atomic mass is 16.1. The molecule has 30 heavy (non-hydrogen) atoms. The van der Waals surface area contributed by atoms with Gasteiger partial charge in [-0.05, 0) is 24.3 Å². The summed E-state index contributed by atoms with van der Waals surface area (Å²) in [6, 6.07) is 15.4. The Morgan fingerprint density at radius 3 is 2.80 bits per heavy atom. The lowest BCUT2D eigenvalue weighted by Gasteiger charge is -2.04. The van der Waals surface area contributed by atoms with E-state index < -0.39 is 0 Å². The quantitative estimate of drug-likeness (QED) is 0.469. The first-order chi connectivity index (χ1) is 14.7. The van der Waals surface area contributed by atoms with Gasteiger partial charge in [-0.2, -0.15) is 10.2 Å². The van der Waals surface area contributed by atoms with Crippen LogP contribution in [0.2, 0.25) is 0 Å². The van der Waals surface area contributed by atoms with Crippen LogP contribution in [0.4, 0.5) is 0 Å². The predicted octanol–water partition coefficient (Wildman–Crippen LogP) is 1.83. The van der Waals surface area contributed by atoms with Crippen LogP contribution in [0.5, 0.6) is 0 Å². The van der Waals surface area contributed by atoms with Crippen molar-refractivity contribution in [1.29, 1.82) is 0 Å². The molecular formula is C21H20N8O. The van der Waals surface area contributed by atoms with Crippen LogP contribution in [-0.4, -0.2) is 46.6 Å². The molecule has 4 heterocycles. The normalized spacial score (nSPS) is 11.4. The fourth-order valence-electron chi connectivity index (χ4n) is 3.56. The molecule has 5 aromatic rings. The number of pyridine rings is 1. The molecule has 5 rings (SSSR count). The maximum Gasteiger partial charge on any atom is 0.272 e. The molecule has 0 saturated carbocycles. The van der Waals surface area contributed by atoms with Crippen LogP contribution in [0.3, 0.4) is 0 Å². The Bertz CT molecular complexity index is 1350. The largest absolute Gasteiger partial charge is 0.350 e. The topological polar surface area (TPSA) is 94.9 Å². The van der Waals surface area contributed by atoms with Gasteiger partial charge < -0.3 is 5.32 Å². The Balaban J connectivity index is 1.35. The molecule has 1 amide bonds. The maximum atomic E-state index is 12.9. The van der Waals surface area contributed by atoms with Crippen molar-refractivity contribution in [3.8, 4) is 0 Å². The van der Waals surface area contributed by atoms with Crippen molar-refractivity contribution in [3.05, 3.63) is 78.1 Å². The van der Waals surface area contributed by atoms with E-state index >= 15 is 0 Å². The lowest BCUT2D eigenvalue weighted by molar-refractivity contribution is 0.0949. The van der Waals surface area contributed by atoms with Gasteiger partial charge >= 0.3 is 0 Å². The zero-order chi connectivity index (χ0) is 20.5. The zero-order valence-electron chi connectivity index (χ0n) is 16.4. The number of aromatic nitrogens is 7. The second-order valence-corrected chi connectivity index (χ2v) is 7.02. The molecule has 9 nitrogen and oxygen atoms in total. The molecule has 0 unspecified atom stereocenters. The van der Waals surface area contributed by atoms with Crippen molar-refractivity contribution in [3.63, 3.8) is 0 Å². The van der Waals surface area contributed by atoms with Gasteiger partial charge in [0.05, 0.1) is 17.8 Å². The Morgan fingerprint density at radius 1 is 1.07 bits per heavy atom. The third-order valence-corrected chi connectivity index (χ3v) is 5.13. The van der Waals surface area contributed by atoms with Crippen molar-refractivity contribution < 1.29 is 4.79 Å². The highest BCUT2D eigenvalue weighted by Gasteiger charge is 2.17. The molecule has 150 valence electrons. The summed E-state index contributed by atoms with van der Waals surface area (Å²) in [7, 11) is 1.89. The van der Waals surface area contributed by atoms with Crippen LogP contribution in [-0.2, 0) is 20.0 Å². The van der Waals surface area contributed by atoms with E-state index in [4.69, 9.17) is 0 Å². The SMILES string of the molecule is Cn1nccc1Cn1nc(C(=O)NCCc2nnc3ccccn23)c2ccccc21. The van der Waals surface area contributed by atoms with Crippen molar-refractivity contribution >= 4 is 22.5 Å². The molecule has 0 spiro atoms. The van der Waals surface area contributed by atoms with Gasteiger partial charge in [-0.3, -0.25) is 18.6 Å². The minimum atomic E-state index is -0.205. The molecule has 0 saturated heterocycles.